The van der Waals surface area contributed by atoms with E-state index in [4.69, 9.17) is 14.2 Å². The highest BCUT2D eigenvalue weighted by molar-refractivity contribution is 5.70. The van der Waals surface area contributed by atoms with E-state index in [1.807, 2.05) is 0 Å². The largest absolute Gasteiger partial charge is 0.462 e. The van der Waals surface area contributed by atoms with Crippen LogP contribution in [0.15, 0.2) is 85.1 Å². The molecule has 1 atom stereocenters. The second kappa shape index (κ2) is 56.4. The van der Waals surface area contributed by atoms with Crippen LogP contribution in [-0.4, -0.2) is 37.9 Å². The lowest BCUT2D eigenvalue weighted by Crippen LogP contribution is -2.30. The molecule has 0 amide bonds. The molecule has 0 N–H and O–H groups in total. The van der Waals surface area contributed by atoms with Crippen LogP contribution in [0.1, 0.15) is 265 Å². The zero-order valence-electron chi connectivity index (χ0n) is 43.7. The number of unbranched alkanes of at least 4 members (excludes halogenated alkanes) is 26. The van der Waals surface area contributed by atoms with Gasteiger partial charge in [0, 0.05) is 19.4 Å². The molecule has 0 aliphatic heterocycles. The van der Waals surface area contributed by atoms with Gasteiger partial charge < -0.3 is 14.2 Å². The summed E-state index contributed by atoms with van der Waals surface area (Å²) in [5.41, 5.74) is 0. The Morgan fingerprint density at radius 2 is 0.682 bits per heavy atom. The molecule has 0 spiro atoms. The molecule has 0 aliphatic rings. The maximum absolute atomic E-state index is 12.9. The maximum Gasteiger partial charge on any atom is 0.306 e. The Bertz CT molecular complexity index is 1220. The Labute approximate surface area is 409 Å². The lowest BCUT2D eigenvalue weighted by Gasteiger charge is -2.18. The first-order valence-electron chi connectivity index (χ1n) is 28.1. The van der Waals surface area contributed by atoms with Crippen LogP contribution in [0.4, 0.5) is 0 Å². The van der Waals surface area contributed by atoms with Gasteiger partial charge in [0.25, 0.3) is 0 Å². The first kappa shape index (κ1) is 63.1. The van der Waals surface area contributed by atoms with Crippen molar-refractivity contribution in [3.63, 3.8) is 0 Å². The Hall–Kier alpha value is -2.92. The number of ether oxygens (including phenoxy) is 3. The van der Waals surface area contributed by atoms with Crippen molar-refractivity contribution in [1.29, 1.82) is 0 Å². The summed E-state index contributed by atoms with van der Waals surface area (Å²) in [7, 11) is 0. The molecule has 0 bridgehead atoms. The van der Waals surface area contributed by atoms with Gasteiger partial charge in [-0.1, -0.05) is 247 Å². The third-order valence-electron chi connectivity index (χ3n) is 11.9. The maximum atomic E-state index is 12.9. The van der Waals surface area contributed by atoms with Gasteiger partial charge in [-0.25, -0.2) is 0 Å². The molecule has 0 fully saturated rings. The number of hydrogen-bond acceptors (Lipinski definition) is 5. The number of rotatable bonds is 51. The van der Waals surface area contributed by atoms with Gasteiger partial charge in [-0.15, -0.1) is 0 Å². The van der Waals surface area contributed by atoms with Crippen LogP contribution in [0.3, 0.4) is 0 Å². The van der Waals surface area contributed by atoms with Gasteiger partial charge in [-0.3, -0.25) is 9.59 Å². The zero-order chi connectivity index (χ0) is 47.7. The highest BCUT2D eigenvalue weighted by atomic mass is 16.6. The fraction of sp³-hybridized carbons (Fsp3) is 0.738. The van der Waals surface area contributed by atoms with Gasteiger partial charge in [0.2, 0.25) is 0 Å². The molecular formula is C61H106O5. The summed E-state index contributed by atoms with van der Waals surface area (Å²) in [6, 6.07) is 0. The van der Waals surface area contributed by atoms with Crippen LogP contribution < -0.4 is 0 Å². The molecule has 5 nitrogen and oxygen atoms in total. The molecule has 0 aromatic heterocycles. The van der Waals surface area contributed by atoms with E-state index in [0.29, 0.717) is 19.4 Å². The second-order valence-corrected chi connectivity index (χ2v) is 18.4. The second-order valence-electron chi connectivity index (χ2n) is 18.4. The fourth-order valence-corrected chi connectivity index (χ4v) is 7.81. The van der Waals surface area contributed by atoms with Crippen molar-refractivity contribution < 1.29 is 23.8 Å². The highest BCUT2D eigenvalue weighted by Crippen LogP contribution is 2.16. The third kappa shape index (κ3) is 53.7. The van der Waals surface area contributed by atoms with E-state index < -0.39 is 6.10 Å². The van der Waals surface area contributed by atoms with Crippen LogP contribution in [0.2, 0.25) is 0 Å². The van der Waals surface area contributed by atoms with Crippen molar-refractivity contribution in [3.05, 3.63) is 85.1 Å². The van der Waals surface area contributed by atoms with Crippen LogP contribution >= 0.6 is 0 Å². The smallest absolute Gasteiger partial charge is 0.306 e. The van der Waals surface area contributed by atoms with E-state index in [9.17, 15) is 9.59 Å². The van der Waals surface area contributed by atoms with E-state index in [2.05, 4.69) is 106 Å². The lowest BCUT2D eigenvalue weighted by atomic mass is 10.0. The number of hydrogen-bond donors (Lipinski definition) is 0. The zero-order valence-corrected chi connectivity index (χ0v) is 43.7. The lowest BCUT2D eigenvalue weighted by molar-refractivity contribution is -0.163. The molecule has 0 saturated carbocycles. The summed E-state index contributed by atoms with van der Waals surface area (Å²) in [6.45, 7) is 7.57. The quantitative estimate of drug-likeness (QED) is 0.0346. The van der Waals surface area contributed by atoms with Crippen LogP contribution in [0.25, 0.3) is 0 Å². The minimum absolute atomic E-state index is 0.0673. The molecule has 66 heavy (non-hydrogen) atoms. The van der Waals surface area contributed by atoms with Crippen molar-refractivity contribution in [2.45, 2.75) is 271 Å². The summed E-state index contributed by atoms with van der Waals surface area (Å²) < 4.78 is 17.4. The van der Waals surface area contributed by atoms with E-state index >= 15 is 0 Å². The molecule has 380 valence electrons. The van der Waals surface area contributed by atoms with Gasteiger partial charge in [-0.05, 0) is 89.9 Å². The van der Waals surface area contributed by atoms with Crippen LogP contribution in [0, 0.1) is 0 Å². The Morgan fingerprint density at radius 3 is 1.09 bits per heavy atom. The number of allylic oxidation sites excluding steroid dienone is 14. The number of carbonyl (C=O) groups excluding carboxylic acids is 2. The standard InChI is InChI=1S/C61H106O5/c1-4-7-10-13-16-19-22-25-28-30-31-33-34-36-39-42-45-48-51-54-60(62)65-58-59(57-64-56-53-50-47-44-41-38-27-24-21-18-15-12-9-6-3)66-61(63)55-52-49-46-43-40-37-35-32-29-26-23-20-17-14-11-8-5-2/h7,9-10,12,16,18-19,21,25,27-28,31,33,38,59H,4-6,8,11,13-15,17,20,22-24,26,29-30,32,34-37,39-58H2,1-3H3/b10-7-,12-9-,19-16-,21-18-,28-25-,33-31-,38-27-. The minimum atomic E-state index is -0.556. The molecule has 5 heteroatoms. The van der Waals surface area contributed by atoms with Crippen molar-refractivity contribution in [1.82, 2.24) is 0 Å². The van der Waals surface area contributed by atoms with Gasteiger partial charge in [-0.2, -0.15) is 0 Å². The van der Waals surface area contributed by atoms with Gasteiger partial charge >= 0.3 is 11.9 Å². The molecule has 0 aliphatic carbocycles. The predicted molar refractivity (Wildman–Crippen MR) is 288 cm³/mol. The number of esters is 2. The molecular weight excluding hydrogens is 813 g/mol. The molecule has 0 rings (SSSR count). The molecule has 0 heterocycles. The molecule has 0 radical (unpaired) electrons. The van der Waals surface area contributed by atoms with E-state index in [1.165, 1.54) is 128 Å². The van der Waals surface area contributed by atoms with Gasteiger partial charge in [0.15, 0.2) is 6.10 Å². The highest BCUT2D eigenvalue weighted by Gasteiger charge is 2.17. The fourth-order valence-electron chi connectivity index (χ4n) is 7.81. The SMILES string of the molecule is CC/C=C\C/C=C\C/C=C\C/C=C\CCCCCCCCC(=O)OCC(COCCCCCC/C=C\C/C=C\C/C=C\CC)OC(=O)CCCCCCCCCCCCCCCCCCC. The predicted octanol–water partition coefficient (Wildman–Crippen LogP) is 19.2. The Balaban J connectivity index is 4.30. The third-order valence-corrected chi connectivity index (χ3v) is 11.9. The van der Waals surface area contributed by atoms with Crippen LogP contribution in [0.5, 0.6) is 0 Å². The van der Waals surface area contributed by atoms with Crippen molar-refractivity contribution in [2.75, 3.05) is 19.8 Å². The van der Waals surface area contributed by atoms with Crippen molar-refractivity contribution in [3.8, 4) is 0 Å². The van der Waals surface area contributed by atoms with Crippen molar-refractivity contribution >= 4 is 11.9 Å². The summed E-state index contributed by atoms with van der Waals surface area (Å²) in [4.78, 5) is 25.5. The average molecular weight is 920 g/mol. The molecule has 0 aromatic carbocycles. The average Bonchev–Trinajstić information content (AvgIpc) is 3.32. The monoisotopic (exact) mass is 919 g/mol. The summed E-state index contributed by atoms with van der Waals surface area (Å²) >= 11 is 0. The normalized spacial score (nSPS) is 12.8. The minimum Gasteiger partial charge on any atom is -0.462 e. The van der Waals surface area contributed by atoms with Gasteiger partial charge in [0.1, 0.15) is 6.61 Å². The summed E-state index contributed by atoms with van der Waals surface area (Å²) in [6.07, 6.45) is 74.6. The van der Waals surface area contributed by atoms with Crippen molar-refractivity contribution in [2.24, 2.45) is 0 Å². The first-order valence-corrected chi connectivity index (χ1v) is 28.1. The summed E-state index contributed by atoms with van der Waals surface area (Å²) in [5, 5.41) is 0. The Kier molecular flexibility index (Phi) is 53.9. The topological polar surface area (TPSA) is 61.8 Å². The summed E-state index contributed by atoms with van der Waals surface area (Å²) in [5.74, 6) is -0.419. The first-order chi connectivity index (χ1) is 32.6. The molecule has 0 saturated heterocycles. The van der Waals surface area contributed by atoms with E-state index in [1.54, 1.807) is 0 Å². The van der Waals surface area contributed by atoms with E-state index in [0.717, 1.165) is 103 Å². The molecule has 0 aromatic rings. The Morgan fingerprint density at radius 1 is 0.348 bits per heavy atom. The number of carbonyl (C=O) groups is 2. The van der Waals surface area contributed by atoms with Crippen LogP contribution in [-0.2, 0) is 23.8 Å². The molecule has 1 unspecified atom stereocenters. The van der Waals surface area contributed by atoms with E-state index in [-0.39, 0.29) is 25.2 Å². The van der Waals surface area contributed by atoms with Gasteiger partial charge in [0.05, 0.1) is 6.61 Å².